The van der Waals surface area contributed by atoms with E-state index < -0.39 is 5.97 Å². The van der Waals surface area contributed by atoms with Crippen LogP contribution in [0.25, 0.3) is 0 Å². The number of aromatic nitrogens is 2. The van der Waals surface area contributed by atoms with Crippen LogP contribution < -0.4 is 0 Å². The molecule has 1 atom stereocenters. The standard InChI is InChI=1S/C12H18N2O2/c1-3-8-6-5-7-9-11(12(15)16)13-10(4-2)14(8)9/h8H,3-7H2,1-2H3,(H,15,16). The van der Waals surface area contributed by atoms with Crippen LogP contribution in [0.4, 0.5) is 0 Å². The van der Waals surface area contributed by atoms with Crippen molar-refractivity contribution >= 4 is 5.97 Å². The topological polar surface area (TPSA) is 55.1 Å². The highest BCUT2D eigenvalue weighted by Gasteiger charge is 2.27. The molecule has 0 amide bonds. The Morgan fingerprint density at radius 1 is 1.56 bits per heavy atom. The quantitative estimate of drug-likeness (QED) is 0.854. The highest BCUT2D eigenvalue weighted by atomic mass is 16.4. The summed E-state index contributed by atoms with van der Waals surface area (Å²) in [4.78, 5) is 15.4. The number of nitrogens with zero attached hydrogens (tertiary/aromatic N) is 2. The van der Waals surface area contributed by atoms with E-state index in [-0.39, 0.29) is 5.69 Å². The molecular formula is C12H18N2O2. The monoisotopic (exact) mass is 222 g/mol. The van der Waals surface area contributed by atoms with Gasteiger partial charge in [0.15, 0.2) is 5.69 Å². The molecule has 0 radical (unpaired) electrons. The summed E-state index contributed by atoms with van der Waals surface area (Å²) in [5.41, 5.74) is 1.21. The van der Waals surface area contributed by atoms with Gasteiger partial charge >= 0.3 is 5.97 Å². The van der Waals surface area contributed by atoms with E-state index in [1.165, 1.54) is 0 Å². The highest BCUT2D eigenvalue weighted by molar-refractivity contribution is 5.87. The van der Waals surface area contributed by atoms with Gasteiger partial charge in [-0.1, -0.05) is 13.8 Å². The lowest BCUT2D eigenvalue weighted by atomic mass is 9.99. The minimum absolute atomic E-state index is 0.273. The first-order chi connectivity index (χ1) is 7.69. The number of carboxylic acid groups (broad SMARTS) is 1. The van der Waals surface area contributed by atoms with Crippen molar-refractivity contribution in [3.8, 4) is 0 Å². The van der Waals surface area contributed by atoms with E-state index in [0.29, 0.717) is 6.04 Å². The molecule has 0 aromatic carbocycles. The van der Waals surface area contributed by atoms with Crippen molar-refractivity contribution in [3.05, 3.63) is 17.2 Å². The van der Waals surface area contributed by atoms with Crippen LogP contribution in [0, 0.1) is 0 Å². The molecule has 1 unspecified atom stereocenters. The molecule has 0 spiro atoms. The molecule has 0 aliphatic carbocycles. The van der Waals surface area contributed by atoms with Gasteiger partial charge in [0.25, 0.3) is 0 Å². The number of imidazole rings is 1. The Hall–Kier alpha value is -1.32. The maximum atomic E-state index is 11.1. The van der Waals surface area contributed by atoms with E-state index in [2.05, 4.69) is 16.5 Å². The molecule has 1 aliphatic heterocycles. The average molecular weight is 222 g/mol. The minimum atomic E-state index is -0.889. The van der Waals surface area contributed by atoms with E-state index >= 15 is 0 Å². The summed E-state index contributed by atoms with van der Waals surface area (Å²) in [6.45, 7) is 4.18. The van der Waals surface area contributed by atoms with Crippen LogP contribution >= 0.6 is 0 Å². The van der Waals surface area contributed by atoms with Gasteiger partial charge in [-0.05, 0) is 25.7 Å². The lowest BCUT2D eigenvalue weighted by Crippen LogP contribution is -2.20. The Kier molecular flexibility index (Phi) is 2.99. The van der Waals surface area contributed by atoms with Gasteiger partial charge in [0, 0.05) is 12.5 Å². The van der Waals surface area contributed by atoms with E-state index in [1.54, 1.807) is 0 Å². The largest absolute Gasteiger partial charge is 0.476 e. The van der Waals surface area contributed by atoms with Crippen LogP contribution in [0.1, 0.15) is 61.2 Å². The number of aryl methyl sites for hydroxylation is 1. The number of hydrogen-bond acceptors (Lipinski definition) is 2. The van der Waals surface area contributed by atoms with Gasteiger partial charge in [0.1, 0.15) is 5.82 Å². The molecule has 1 aromatic heterocycles. The van der Waals surface area contributed by atoms with Crippen LogP contribution in [0.15, 0.2) is 0 Å². The first-order valence-electron chi connectivity index (χ1n) is 6.02. The maximum absolute atomic E-state index is 11.1. The second kappa shape index (κ2) is 4.28. The van der Waals surface area contributed by atoms with Gasteiger partial charge in [0.2, 0.25) is 0 Å². The Labute approximate surface area is 95.3 Å². The third kappa shape index (κ3) is 1.62. The summed E-state index contributed by atoms with van der Waals surface area (Å²) < 4.78 is 2.17. The molecule has 88 valence electrons. The van der Waals surface area contributed by atoms with Crippen LogP contribution in [0.2, 0.25) is 0 Å². The molecule has 4 heteroatoms. The second-order valence-corrected chi connectivity index (χ2v) is 4.31. The zero-order valence-corrected chi connectivity index (χ0v) is 9.86. The molecule has 1 N–H and O–H groups in total. The Balaban J connectivity index is 2.54. The smallest absolute Gasteiger partial charge is 0.356 e. The molecule has 2 rings (SSSR count). The molecule has 0 bridgehead atoms. The molecule has 2 heterocycles. The maximum Gasteiger partial charge on any atom is 0.356 e. The van der Waals surface area contributed by atoms with Gasteiger partial charge in [-0.2, -0.15) is 0 Å². The third-order valence-corrected chi connectivity index (χ3v) is 3.39. The summed E-state index contributed by atoms with van der Waals surface area (Å²) in [6, 6.07) is 0.444. The first-order valence-corrected chi connectivity index (χ1v) is 6.02. The fourth-order valence-corrected chi connectivity index (χ4v) is 2.63. The molecule has 16 heavy (non-hydrogen) atoms. The molecule has 1 aliphatic rings. The Morgan fingerprint density at radius 3 is 2.88 bits per heavy atom. The van der Waals surface area contributed by atoms with Crippen LogP contribution in [-0.4, -0.2) is 20.6 Å². The lowest BCUT2D eigenvalue weighted by molar-refractivity contribution is 0.0689. The van der Waals surface area contributed by atoms with Gasteiger partial charge in [-0.15, -0.1) is 0 Å². The third-order valence-electron chi connectivity index (χ3n) is 3.39. The van der Waals surface area contributed by atoms with Crippen molar-refractivity contribution in [2.45, 2.75) is 52.0 Å². The summed E-state index contributed by atoms with van der Waals surface area (Å²) >= 11 is 0. The summed E-state index contributed by atoms with van der Waals surface area (Å²) in [7, 11) is 0. The minimum Gasteiger partial charge on any atom is -0.476 e. The average Bonchev–Trinajstić information content (AvgIpc) is 2.67. The SMILES string of the molecule is CCc1nc(C(=O)O)c2n1C(CC)CCC2. The van der Waals surface area contributed by atoms with Gasteiger partial charge < -0.3 is 9.67 Å². The fraction of sp³-hybridized carbons (Fsp3) is 0.667. The number of carboxylic acids is 1. The molecule has 1 aromatic rings. The van der Waals surface area contributed by atoms with Crippen molar-refractivity contribution in [3.63, 3.8) is 0 Å². The molecule has 0 fully saturated rings. The van der Waals surface area contributed by atoms with E-state index in [1.807, 2.05) is 6.92 Å². The van der Waals surface area contributed by atoms with E-state index in [0.717, 1.165) is 43.6 Å². The van der Waals surface area contributed by atoms with Gasteiger partial charge in [-0.3, -0.25) is 0 Å². The predicted octanol–water partition coefficient (Wildman–Crippen LogP) is 2.43. The summed E-state index contributed by atoms with van der Waals surface area (Å²) in [5, 5.41) is 9.13. The zero-order valence-electron chi connectivity index (χ0n) is 9.86. The number of aromatic carboxylic acids is 1. The van der Waals surface area contributed by atoms with Crippen LogP contribution in [-0.2, 0) is 12.8 Å². The Bertz CT molecular complexity index is 409. The van der Waals surface area contributed by atoms with Crippen LogP contribution in [0.3, 0.4) is 0 Å². The molecular weight excluding hydrogens is 204 g/mol. The molecule has 4 nitrogen and oxygen atoms in total. The van der Waals surface area contributed by atoms with Gasteiger partial charge in [0.05, 0.1) is 5.69 Å². The first kappa shape index (κ1) is 11.2. The fourth-order valence-electron chi connectivity index (χ4n) is 2.63. The van der Waals surface area contributed by atoms with Crippen LogP contribution in [0.5, 0.6) is 0 Å². The van der Waals surface area contributed by atoms with Crippen molar-refractivity contribution in [1.82, 2.24) is 9.55 Å². The van der Waals surface area contributed by atoms with Crippen molar-refractivity contribution in [1.29, 1.82) is 0 Å². The lowest BCUT2D eigenvalue weighted by Gasteiger charge is -2.26. The summed E-state index contributed by atoms with van der Waals surface area (Å²) in [6.07, 6.45) is 4.93. The predicted molar refractivity (Wildman–Crippen MR) is 60.8 cm³/mol. The number of carbonyl (C=O) groups is 1. The normalized spacial score (nSPS) is 19.5. The zero-order chi connectivity index (χ0) is 11.7. The van der Waals surface area contributed by atoms with E-state index in [4.69, 9.17) is 5.11 Å². The second-order valence-electron chi connectivity index (χ2n) is 4.31. The molecule has 0 saturated carbocycles. The van der Waals surface area contributed by atoms with Gasteiger partial charge in [-0.25, -0.2) is 9.78 Å². The number of hydrogen-bond donors (Lipinski definition) is 1. The van der Waals surface area contributed by atoms with Crippen molar-refractivity contribution in [2.24, 2.45) is 0 Å². The number of rotatable bonds is 3. The van der Waals surface area contributed by atoms with Crippen molar-refractivity contribution in [2.75, 3.05) is 0 Å². The van der Waals surface area contributed by atoms with E-state index in [9.17, 15) is 4.79 Å². The summed E-state index contributed by atoms with van der Waals surface area (Å²) in [5.74, 6) is 0.0409. The molecule has 0 saturated heterocycles. The highest BCUT2D eigenvalue weighted by Crippen LogP contribution is 2.31. The Morgan fingerprint density at radius 2 is 2.31 bits per heavy atom. The van der Waals surface area contributed by atoms with Crippen molar-refractivity contribution < 1.29 is 9.90 Å². The number of fused-ring (bicyclic) bond motifs is 1.